The van der Waals surface area contributed by atoms with Gasteiger partial charge < -0.3 is 0 Å². The first kappa shape index (κ1) is 40.5. The largest absolute Gasteiger partial charge is 0.243 e. The number of halogens is 20. The van der Waals surface area contributed by atoms with Crippen LogP contribution in [0, 0.1) is 116 Å². The highest BCUT2D eigenvalue weighted by molar-refractivity contribution is 7.20. The smallest absolute Gasteiger partial charge is 0.240 e. The Bertz CT molecular complexity index is 1920. The van der Waals surface area contributed by atoms with Crippen LogP contribution in [0.1, 0.15) is 6.92 Å². The summed E-state index contributed by atoms with van der Waals surface area (Å²) in [6.45, 7) is 3.18. The number of aryl methyl sites for hydroxylation is 2. The molecule has 1 aromatic heterocycles. The lowest BCUT2D eigenvalue weighted by molar-refractivity contribution is -0.693. The van der Waals surface area contributed by atoms with Crippen LogP contribution in [0.4, 0.5) is 87.8 Å². The van der Waals surface area contributed by atoms with E-state index in [1.165, 1.54) is 0 Å². The highest BCUT2D eigenvalue weighted by Gasteiger charge is 2.52. The third-order valence-corrected chi connectivity index (χ3v) is 7.90. The fraction of sp³-hybridized carbons (Fsp3) is 0.100. The van der Waals surface area contributed by atoms with Crippen molar-refractivity contribution in [2.24, 2.45) is 7.05 Å². The molecule has 0 aliphatic heterocycles. The third-order valence-electron chi connectivity index (χ3n) is 7.90. The molecule has 0 bridgehead atoms. The molecule has 0 saturated carbocycles. The summed E-state index contributed by atoms with van der Waals surface area (Å²) in [5.74, 6) is -71.4. The summed E-state index contributed by atoms with van der Waals surface area (Å²) in [5, 5.41) is 0. The second kappa shape index (κ2) is 14.3. The van der Waals surface area contributed by atoms with E-state index in [0.717, 1.165) is 6.54 Å². The van der Waals surface area contributed by atoms with Crippen molar-refractivity contribution in [2.75, 3.05) is 0 Å². The van der Waals surface area contributed by atoms with E-state index < -0.39 is 144 Å². The van der Waals surface area contributed by atoms with Gasteiger partial charge in [0.1, 0.15) is 65.1 Å². The van der Waals surface area contributed by atoms with Crippen molar-refractivity contribution in [2.45, 2.75) is 13.5 Å². The molecule has 5 rings (SSSR count). The molecule has 2 nitrogen and oxygen atoms in total. The zero-order valence-corrected chi connectivity index (χ0v) is 25.5. The summed E-state index contributed by atoms with van der Waals surface area (Å²) in [6, 6.07) is 0. The number of hydrogen-bond acceptors (Lipinski definition) is 0. The minimum absolute atomic E-state index is 1.06. The zero-order valence-electron chi connectivity index (χ0n) is 25.5. The molecule has 1 heterocycles. The van der Waals surface area contributed by atoms with Crippen LogP contribution in [0.15, 0.2) is 18.7 Å². The van der Waals surface area contributed by atoms with E-state index in [9.17, 15) is 52.7 Å². The summed E-state index contributed by atoms with van der Waals surface area (Å²) in [7, 11) is 2.02. The van der Waals surface area contributed by atoms with Crippen LogP contribution >= 0.6 is 0 Å². The van der Waals surface area contributed by atoms with Crippen molar-refractivity contribution in [1.29, 1.82) is 0 Å². The van der Waals surface area contributed by atoms with Crippen molar-refractivity contribution in [3.05, 3.63) is 135 Å². The first-order chi connectivity index (χ1) is 24.5. The molecule has 0 aliphatic carbocycles. The Morgan fingerprint density at radius 1 is 0.377 bits per heavy atom. The minimum atomic E-state index is -7.22. The van der Waals surface area contributed by atoms with Gasteiger partial charge in [-0.1, -0.05) is 0 Å². The number of benzene rings is 4. The normalized spacial score (nSPS) is 11.7. The lowest BCUT2D eigenvalue weighted by Gasteiger charge is -2.44. The fourth-order valence-electron chi connectivity index (χ4n) is 5.56. The Kier molecular flexibility index (Phi) is 10.9. The van der Waals surface area contributed by atoms with Gasteiger partial charge in [0.2, 0.25) is 6.33 Å². The summed E-state index contributed by atoms with van der Waals surface area (Å²) in [4.78, 5) is 0. The summed E-state index contributed by atoms with van der Waals surface area (Å²) in [5.41, 5.74) is -14.3. The van der Waals surface area contributed by atoms with Gasteiger partial charge in [0.15, 0.2) is 69.8 Å². The molecule has 0 aliphatic rings. The van der Waals surface area contributed by atoms with Gasteiger partial charge in [-0.3, -0.25) is 0 Å². The number of hydrogen-bond donors (Lipinski definition) is 0. The van der Waals surface area contributed by atoms with Gasteiger partial charge in [-0.2, -0.15) is 0 Å². The van der Waals surface area contributed by atoms with Crippen molar-refractivity contribution in [3.63, 3.8) is 0 Å². The minimum Gasteiger partial charge on any atom is -0.240 e. The number of aromatic nitrogens is 2. The van der Waals surface area contributed by atoms with Crippen LogP contribution in [0.3, 0.4) is 0 Å². The maximum atomic E-state index is 15.4. The molecule has 4 aromatic carbocycles. The Balaban J connectivity index is 0.000000692. The predicted octanol–water partition coefficient (Wildman–Crippen LogP) is 6.18. The zero-order chi connectivity index (χ0) is 40.3. The van der Waals surface area contributed by atoms with Crippen LogP contribution in [0.5, 0.6) is 0 Å². The van der Waals surface area contributed by atoms with Crippen LogP contribution < -0.4 is 26.4 Å². The van der Waals surface area contributed by atoms with Crippen molar-refractivity contribution >= 4 is 28.0 Å². The van der Waals surface area contributed by atoms with Gasteiger partial charge >= 0.3 is 0 Å². The molecule has 0 amide bonds. The van der Waals surface area contributed by atoms with Crippen molar-refractivity contribution < 1.29 is 92.4 Å². The van der Waals surface area contributed by atoms with Crippen molar-refractivity contribution in [3.8, 4) is 0 Å². The second-order valence-corrected chi connectivity index (χ2v) is 10.7. The molecule has 0 spiro atoms. The van der Waals surface area contributed by atoms with Crippen LogP contribution in [0.2, 0.25) is 0 Å². The van der Waals surface area contributed by atoms with E-state index >= 15 is 35.1 Å². The average Bonchev–Trinajstić information content (AvgIpc) is 3.56. The molecule has 0 unspecified atom stereocenters. The second-order valence-electron chi connectivity index (χ2n) is 10.7. The Morgan fingerprint density at radius 3 is 0.698 bits per heavy atom. The molecule has 0 fully saturated rings. The molecular weight excluding hydrogens is 779 g/mol. The van der Waals surface area contributed by atoms with Gasteiger partial charge in [-0.25, -0.2) is 96.9 Å². The molecule has 53 heavy (non-hydrogen) atoms. The van der Waals surface area contributed by atoms with Gasteiger partial charge in [-0.05, 0) is 6.92 Å². The van der Waals surface area contributed by atoms with Gasteiger partial charge in [0.05, 0.1) is 13.6 Å². The molecule has 23 heteroatoms. The number of imidazole rings is 1. The topological polar surface area (TPSA) is 8.81 Å². The molecule has 0 radical (unpaired) electrons. The summed E-state index contributed by atoms with van der Waals surface area (Å²) >= 11 is 0. The standard InChI is InChI=1S/C24BF20.C6H11N2/c26-5-1(6(27)14(35)21(42)13(5)34)25(2-7(28)15(36)22(43)16(37)8(2)29,3-9(30)17(38)23(44)18(39)10(3)31)4-11(32)19(40)24(45)20(41)12(4)33;1-3-8-5-4-7(2)6-8/h;4-6H,3H2,1-2H3/q-1;+1. The molecule has 0 atom stereocenters. The molecule has 0 N–H and O–H groups in total. The van der Waals surface area contributed by atoms with Gasteiger partial charge in [-0.15, -0.1) is 21.9 Å². The van der Waals surface area contributed by atoms with E-state index in [0.29, 0.717) is 0 Å². The van der Waals surface area contributed by atoms with E-state index in [4.69, 9.17) is 0 Å². The predicted molar refractivity (Wildman–Crippen MR) is 140 cm³/mol. The first-order valence-electron chi connectivity index (χ1n) is 13.8. The van der Waals surface area contributed by atoms with E-state index in [-0.39, 0.29) is 0 Å². The SMILES string of the molecule is CC[n+]1ccn(C)c1.Fc1c(F)c(F)c([B-](c2c(F)c(F)c(F)c(F)c2F)(c2c(F)c(F)c(F)c(F)c2F)c2c(F)c(F)c(F)c(F)c2F)c(F)c1F. The highest BCUT2D eigenvalue weighted by atomic mass is 19.2. The van der Waals surface area contributed by atoms with Crippen LogP contribution in [-0.4, -0.2) is 10.7 Å². The molecule has 5 aromatic rings. The first-order valence-corrected chi connectivity index (χ1v) is 13.8. The Labute approximate surface area is 281 Å². The van der Waals surface area contributed by atoms with Crippen LogP contribution in [-0.2, 0) is 13.6 Å². The quantitative estimate of drug-likeness (QED) is 0.0663. The summed E-state index contributed by atoms with van der Waals surface area (Å²) in [6.07, 6.45) is -1.07. The highest BCUT2D eigenvalue weighted by Crippen LogP contribution is 2.30. The number of nitrogens with zero attached hydrogens (tertiary/aromatic N) is 2. The van der Waals surface area contributed by atoms with Crippen LogP contribution in [0.25, 0.3) is 0 Å². The van der Waals surface area contributed by atoms with E-state index in [1.807, 2.05) is 17.8 Å². The lowest BCUT2D eigenvalue weighted by atomic mass is 9.12. The summed E-state index contributed by atoms with van der Waals surface area (Å²) < 4.78 is 298. The lowest BCUT2D eigenvalue weighted by Crippen LogP contribution is -2.81. The maximum Gasteiger partial charge on any atom is 0.243 e. The molecule has 284 valence electrons. The van der Waals surface area contributed by atoms with E-state index in [2.05, 4.69) is 24.0 Å². The fourth-order valence-corrected chi connectivity index (χ4v) is 5.56. The Morgan fingerprint density at radius 2 is 0.566 bits per heavy atom. The molecule has 0 saturated heterocycles. The van der Waals surface area contributed by atoms with E-state index in [1.54, 1.807) is 0 Å². The van der Waals surface area contributed by atoms with Gasteiger partial charge in [0, 0.05) is 0 Å². The third kappa shape index (κ3) is 5.92. The average molecular weight is 790 g/mol. The molecular formula is C30H11BF20N2. The maximum absolute atomic E-state index is 15.4. The van der Waals surface area contributed by atoms with Gasteiger partial charge in [0.25, 0.3) is 0 Å². The Hall–Kier alpha value is -5.25. The number of rotatable bonds is 5. The van der Waals surface area contributed by atoms with Crippen molar-refractivity contribution in [1.82, 2.24) is 4.57 Å². The monoisotopic (exact) mass is 790 g/mol.